The van der Waals surface area contributed by atoms with Crippen molar-refractivity contribution >= 4 is 22.9 Å². The first kappa shape index (κ1) is 14.3. The van der Waals surface area contributed by atoms with E-state index in [1.165, 1.54) is 11.0 Å². The zero-order valence-electron chi connectivity index (χ0n) is 11.5. The van der Waals surface area contributed by atoms with Crippen molar-refractivity contribution in [1.82, 2.24) is 0 Å². The SMILES string of the molecule is Cc1cc(NC(=O)C=CCc2cccs2)cc(C)c1O. The summed E-state index contributed by atoms with van der Waals surface area (Å²) in [5, 5.41) is 14.5. The number of hydrogen-bond donors (Lipinski definition) is 2. The number of carbonyl (C=O) groups excluding carboxylic acids is 1. The summed E-state index contributed by atoms with van der Waals surface area (Å²) in [5.41, 5.74) is 2.20. The number of thiophene rings is 1. The van der Waals surface area contributed by atoms with Gasteiger partial charge in [-0.25, -0.2) is 0 Å². The van der Waals surface area contributed by atoms with Crippen LogP contribution in [0.4, 0.5) is 5.69 Å². The van der Waals surface area contributed by atoms with Crippen molar-refractivity contribution in [2.45, 2.75) is 20.3 Å². The van der Waals surface area contributed by atoms with E-state index >= 15 is 0 Å². The van der Waals surface area contributed by atoms with E-state index in [0.717, 1.165) is 17.5 Å². The Morgan fingerprint density at radius 3 is 2.65 bits per heavy atom. The Balaban J connectivity index is 1.96. The molecule has 0 saturated carbocycles. The first-order valence-corrected chi connectivity index (χ1v) is 7.24. The number of nitrogens with one attached hydrogen (secondary N) is 1. The second-order valence-electron chi connectivity index (χ2n) is 4.63. The molecular formula is C16H17NO2S. The number of rotatable bonds is 4. The van der Waals surface area contributed by atoms with Gasteiger partial charge in [0.25, 0.3) is 0 Å². The van der Waals surface area contributed by atoms with Crippen molar-refractivity contribution in [3.05, 3.63) is 57.8 Å². The van der Waals surface area contributed by atoms with Crippen molar-refractivity contribution in [2.24, 2.45) is 0 Å². The van der Waals surface area contributed by atoms with Crippen LogP contribution in [0.2, 0.25) is 0 Å². The summed E-state index contributed by atoms with van der Waals surface area (Å²) < 4.78 is 0. The van der Waals surface area contributed by atoms with Crippen molar-refractivity contribution < 1.29 is 9.90 Å². The number of hydrogen-bond acceptors (Lipinski definition) is 3. The van der Waals surface area contributed by atoms with E-state index in [-0.39, 0.29) is 11.7 Å². The van der Waals surface area contributed by atoms with Gasteiger partial charge in [0.2, 0.25) is 5.91 Å². The normalized spacial score (nSPS) is 10.9. The van der Waals surface area contributed by atoms with Gasteiger partial charge < -0.3 is 10.4 Å². The molecule has 0 aliphatic rings. The van der Waals surface area contributed by atoms with E-state index in [1.807, 2.05) is 37.4 Å². The zero-order chi connectivity index (χ0) is 14.5. The fraction of sp³-hybridized carbons (Fsp3) is 0.188. The second-order valence-corrected chi connectivity index (χ2v) is 5.67. The predicted molar refractivity (Wildman–Crippen MR) is 83.4 cm³/mol. The van der Waals surface area contributed by atoms with Crippen LogP contribution in [0.25, 0.3) is 0 Å². The van der Waals surface area contributed by atoms with E-state index in [2.05, 4.69) is 5.32 Å². The number of phenols is 1. The lowest BCUT2D eigenvalue weighted by Crippen LogP contribution is -2.08. The molecule has 1 aromatic heterocycles. The monoisotopic (exact) mass is 287 g/mol. The van der Waals surface area contributed by atoms with Gasteiger partial charge in [0.05, 0.1) is 0 Å². The minimum atomic E-state index is -0.161. The Kier molecular flexibility index (Phi) is 4.58. The highest BCUT2D eigenvalue weighted by molar-refractivity contribution is 7.09. The molecule has 0 atom stereocenters. The number of benzene rings is 1. The van der Waals surface area contributed by atoms with Gasteiger partial charge in [-0.15, -0.1) is 11.3 Å². The molecule has 20 heavy (non-hydrogen) atoms. The average molecular weight is 287 g/mol. The van der Waals surface area contributed by atoms with E-state index in [4.69, 9.17) is 0 Å². The number of aromatic hydroxyl groups is 1. The molecule has 0 fully saturated rings. The van der Waals surface area contributed by atoms with E-state index < -0.39 is 0 Å². The van der Waals surface area contributed by atoms with Gasteiger partial charge in [-0.1, -0.05) is 12.1 Å². The highest BCUT2D eigenvalue weighted by Crippen LogP contribution is 2.25. The molecule has 1 heterocycles. The van der Waals surface area contributed by atoms with Gasteiger partial charge in [-0.3, -0.25) is 4.79 Å². The second kappa shape index (κ2) is 6.39. The minimum Gasteiger partial charge on any atom is -0.507 e. The fourth-order valence-corrected chi connectivity index (χ4v) is 2.60. The molecular weight excluding hydrogens is 270 g/mol. The van der Waals surface area contributed by atoms with Crippen LogP contribution in [0.3, 0.4) is 0 Å². The number of aryl methyl sites for hydroxylation is 2. The molecule has 0 aliphatic heterocycles. The Labute approximate surface area is 122 Å². The average Bonchev–Trinajstić information content (AvgIpc) is 2.89. The maximum atomic E-state index is 11.8. The van der Waals surface area contributed by atoms with Crippen molar-refractivity contribution in [3.8, 4) is 5.75 Å². The van der Waals surface area contributed by atoms with Crippen molar-refractivity contribution in [2.75, 3.05) is 5.32 Å². The molecule has 4 heteroatoms. The third-order valence-corrected chi connectivity index (χ3v) is 3.83. The maximum Gasteiger partial charge on any atom is 0.248 e. The van der Waals surface area contributed by atoms with Gasteiger partial charge in [-0.05, 0) is 54.6 Å². The Morgan fingerprint density at radius 2 is 2.05 bits per heavy atom. The van der Waals surface area contributed by atoms with Crippen LogP contribution >= 0.6 is 11.3 Å². The fourth-order valence-electron chi connectivity index (χ4n) is 1.92. The smallest absolute Gasteiger partial charge is 0.248 e. The molecule has 2 aromatic rings. The van der Waals surface area contributed by atoms with Gasteiger partial charge in [0.1, 0.15) is 5.75 Å². The highest BCUT2D eigenvalue weighted by atomic mass is 32.1. The summed E-state index contributed by atoms with van der Waals surface area (Å²) in [6, 6.07) is 7.55. The molecule has 0 unspecified atom stereocenters. The van der Waals surface area contributed by atoms with Crippen molar-refractivity contribution in [3.63, 3.8) is 0 Å². The molecule has 0 spiro atoms. The van der Waals surface area contributed by atoms with Gasteiger partial charge in [-0.2, -0.15) is 0 Å². The Morgan fingerprint density at radius 1 is 1.35 bits per heavy atom. The molecule has 1 amide bonds. The van der Waals surface area contributed by atoms with Gasteiger partial charge in [0, 0.05) is 17.0 Å². The van der Waals surface area contributed by atoms with Gasteiger partial charge >= 0.3 is 0 Å². The first-order valence-electron chi connectivity index (χ1n) is 6.36. The Hall–Kier alpha value is -2.07. The van der Waals surface area contributed by atoms with Crippen molar-refractivity contribution in [1.29, 1.82) is 0 Å². The van der Waals surface area contributed by atoms with Gasteiger partial charge in [0.15, 0.2) is 0 Å². The maximum absolute atomic E-state index is 11.8. The third kappa shape index (κ3) is 3.71. The number of anilines is 1. The molecule has 0 saturated heterocycles. The summed E-state index contributed by atoms with van der Waals surface area (Å²) in [5.74, 6) is 0.113. The molecule has 3 nitrogen and oxygen atoms in total. The lowest BCUT2D eigenvalue weighted by atomic mass is 10.1. The van der Waals surface area contributed by atoms with Crippen LogP contribution in [-0.2, 0) is 11.2 Å². The molecule has 0 radical (unpaired) electrons. The van der Waals surface area contributed by atoms with Crippen LogP contribution < -0.4 is 5.32 Å². The Bertz CT molecular complexity index is 607. The number of amides is 1. The van der Waals surface area contributed by atoms with E-state index in [9.17, 15) is 9.90 Å². The molecule has 2 N–H and O–H groups in total. The molecule has 0 aliphatic carbocycles. The quantitative estimate of drug-likeness (QED) is 0.663. The largest absolute Gasteiger partial charge is 0.507 e. The summed E-state index contributed by atoms with van der Waals surface area (Å²) in [4.78, 5) is 13.0. The predicted octanol–water partition coefficient (Wildman–Crippen LogP) is 3.81. The summed E-state index contributed by atoms with van der Waals surface area (Å²) in [6.07, 6.45) is 4.15. The van der Waals surface area contributed by atoms with Crippen LogP contribution in [-0.4, -0.2) is 11.0 Å². The van der Waals surface area contributed by atoms with E-state index in [1.54, 1.807) is 23.5 Å². The van der Waals surface area contributed by atoms with Crippen LogP contribution in [0, 0.1) is 13.8 Å². The number of phenolic OH excluding ortho intramolecular Hbond substituents is 1. The standard InChI is InChI=1S/C16H17NO2S/c1-11-9-13(10-12(2)16(11)19)17-15(18)7-3-5-14-6-4-8-20-14/h3-4,6-10,19H,5H2,1-2H3,(H,17,18). The molecule has 0 bridgehead atoms. The lowest BCUT2D eigenvalue weighted by Gasteiger charge is -2.08. The molecule has 2 rings (SSSR count). The highest BCUT2D eigenvalue weighted by Gasteiger charge is 2.04. The zero-order valence-corrected chi connectivity index (χ0v) is 12.3. The third-order valence-electron chi connectivity index (χ3n) is 2.93. The topological polar surface area (TPSA) is 49.3 Å². The van der Waals surface area contributed by atoms with Crippen LogP contribution in [0.15, 0.2) is 41.8 Å². The van der Waals surface area contributed by atoms with Crippen LogP contribution in [0.5, 0.6) is 5.75 Å². The summed E-state index contributed by atoms with van der Waals surface area (Å²) >= 11 is 1.67. The summed E-state index contributed by atoms with van der Waals surface area (Å²) in [6.45, 7) is 3.62. The molecule has 104 valence electrons. The van der Waals surface area contributed by atoms with Crippen LogP contribution in [0.1, 0.15) is 16.0 Å². The number of allylic oxidation sites excluding steroid dienone is 1. The minimum absolute atomic E-state index is 0.161. The van der Waals surface area contributed by atoms with E-state index in [0.29, 0.717) is 5.69 Å². The summed E-state index contributed by atoms with van der Waals surface area (Å²) in [7, 11) is 0. The lowest BCUT2D eigenvalue weighted by molar-refractivity contribution is -0.111. The molecule has 1 aromatic carbocycles. The number of carbonyl (C=O) groups is 1. The first-order chi connectivity index (χ1) is 9.56.